The lowest BCUT2D eigenvalue weighted by Gasteiger charge is -2.23. The summed E-state index contributed by atoms with van der Waals surface area (Å²) in [7, 11) is 0. The quantitative estimate of drug-likeness (QED) is 0.348. The van der Waals surface area contributed by atoms with Crippen molar-refractivity contribution >= 4 is 34.8 Å². The van der Waals surface area contributed by atoms with Gasteiger partial charge in [-0.3, -0.25) is 9.89 Å². The molecule has 6 nitrogen and oxygen atoms in total. The van der Waals surface area contributed by atoms with Gasteiger partial charge in [-0.25, -0.2) is 0 Å². The lowest BCUT2D eigenvalue weighted by atomic mass is 9.86. The first-order chi connectivity index (χ1) is 15.7. The van der Waals surface area contributed by atoms with E-state index in [1.165, 1.54) is 0 Å². The first kappa shape index (κ1) is 20.2. The van der Waals surface area contributed by atoms with Crippen LogP contribution in [0.2, 0.25) is 5.02 Å². The number of H-pyrrole nitrogens is 1. The predicted octanol–water partition coefficient (Wildman–Crippen LogP) is 5.86. The third-order valence-corrected chi connectivity index (χ3v) is 5.85. The summed E-state index contributed by atoms with van der Waals surface area (Å²) in [5.41, 5.74) is 3.83. The molecule has 5 rings (SSSR count). The molecule has 1 aliphatic heterocycles. The van der Waals surface area contributed by atoms with Gasteiger partial charge < -0.3 is 15.4 Å². The van der Waals surface area contributed by atoms with Gasteiger partial charge in [-0.15, -0.1) is 0 Å². The molecule has 1 aromatic heterocycles. The smallest absolute Gasteiger partial charge is 0.226 e. The summed E-state index contributed by atoms with van der Waals surface area (Å²) in [4.78, 5) is 12.3. The number of amides is 1. The number of halogens is 1. The molecule has 160 valence electrons. The van der Waals surface area contributed by atoms with Crippen LogP contribution in [-0.2, 0) is 11.4 Å². The summed E-state index contributed by atoms with van der Waals surface area (Å²) in [5.74, 6) is 1.89. The Morgan fingerprint density at radius 3 is 2.53 bits per heavy atom. The molecular formula is C25H21ClN4O2. The number of carbonyl (C=O) groups is 1. The van der Waals surface area contributed by atoms with Crippen LogP contribution in [0.4, 0.5) is 17.3 Å². The van der Waals surface area contributed by atoms with E-state index in [1.807, 2.05) is 78.9 Å². The van der Waals surface area contributed by atoms with E-state index in [9.17, 15) is 4.79 Å². The maximum absolute atomic E-state index is 12.3. The highest BCUT2D eigenvalue weighted by Gasteiger charge is 2.31. The maximum atomic E-state index is 12.3. The minimum absolute atomic E-state index is 0.0562. The molecule has 0 unspecified atom stereocenters. The Morgan fingerprint density at radius 1 is 1.00 bits per heavy atom. The molecule has 3 aromatic carbocycles. The number of anilines is 3. The van der Waals surface area contributed by atoms with Crippen molar-refractivity contribution in [3.05, 3.63) is 101 Å². The number of carbonyl (C=O) groups excluding carboxylic acids is 1. The summed E-state index contributed by atoms with van der Waals surface area (Å²) in [6.45, 7) is 0.391. The Morgan fingerprint density at radius 2 is 1.75 bits per heavy atom. The van der Waals surface area contributed by atoms with E-state index in [2.05, 4.69) is 20.8 Å². The third-order valence-electron chi connectivity index (χ3n) is 5.48. The summed E-state index contributed by atoms with van der Waals surface area (Å²) in [5, 5.41) is 14.3. The van der Waals surface area contributed by atoms with Crippen molar-refractivity contribution < 1.29 is 9.53 Å². The molecule has 0 saturated carbocycles. The number of ether oxygens (including phenoxy) is 1. The van der Waals surface area contributed by atoms with Crippen LogP contribution >= 0.6 is 11.6 Å². The second-order valence-electron chi connectivity index (χ2n) is 7.61. The van der Waals surface area contributed by atoms with Gasteiger partial charge in [0.25, 0.3) is 0 Å². The fourth-order valence-electron chi connectivity index (χ4n) is 3.87. The average molecular weight is 445 g/mol. The van der Waals surface area contributed by atoms with E-state index in [4.69, 9.17) is 16.3 Å². The van der Waals surface area contributed by atoms with Gasteiger partial charge in [0, 0.05) is 34.2 Å². The zero-order valence-electron chi connectivity index (χ0n) is 17.1. The molecule has 7 heteroatoms. The van der Waals surface area contributed by atoms with Crippen molar-refractivity contribution in [3.63, 3.8) is 0 Å². The third kappa shape index (κ3) is 4.18. The van der Waals surface area contributed by atoms with Gasteiger partial charge in [-0.05, 0) is 35.9 Å². The summed E-state index contributed by atoms with van der Waals surface area (Å²) >= 11 is 6.21. The van der Waals surface area contributed by atoms with E-state index in [-0.39, 0.29) is 11.8 Å². The van der Waals surface area contributed by atoms with Crippen molar-refractivity contribution in [1.82, 2.24) is 10.2 Å². The van der Waals surface area contributed by atoms with Gasteiger partial charge in [-0.1, -0.05) is 60.1 Å². The zero-order chi connectivity index (χ0) is 21.9. The second kappa shape index (κ2) is 8.77. The van der Waals surface area contributed by atoms with Crippen molar-refractivity contribution in [2.45, 2.75) is 18.9 Å². The number of rotatable bonds is 6. The highest BCUT2D eigenvalue weighted by molar-refractivity contribution is 6.31. The lowest BCUT2D eigenvalue weighted by Crippen LogP contribution is -2.23. The summed E-state index contributed by atoms with van der Waals surface area (Å²) < 4.78 is 5.90. The Labute approximate surface area is 190 Å². The van der Waals surface area contributed by atoms with Gasteiger partial charge in [-0.2, -0.15) is 5.10 Å². The van der Waals surface area contributed by atoms with Crippen molar-refractivity contribution in [2.24, 2.45) is 0 Å². The molecule has 1 amide bonds. The Balaban J connectivity index is 1.37. The summed E-state index contributed by atoms with van der Waals surface area (Å²) in [6, 6.07) is 25.3. The van der Waals surface area contributed by atoms with Crippen LogP contribution in [0.5, 0.6) is 5.75 Å². The number of hydrogen-bond acceptors (Lipinski definition) is 4. The van der Waals surface area contributed by atoms with Crippen LogP contribution in [0, 0.1) is 0 Å². The highest BCUT2D eigenvalue weighted by Crippen LogP contribution is 2.41. The number of aromatic nitrogens is 2. The minimum atomic E-state index is -0.124. The van der Waals surface area contributed by atoms with Crippen LogP contribution in [0.3, 0.4) is 0 Å². The molecule has 0 saturated heterocycles. The minimum Gasteiger partial charge on any atom is -0.489 e. The number of nitrogens with zero attached hydrogens (tertiary/aromatic N) is 1. The molecule has 0 spiro atoms. The summed E-state index contributed by atoms with van der Waals surface area (Å²) in [6.07, 6.45) is 0.343. The van der Waals surface area contributed by atoms with Gasteiger partial charge >= 0.3 is 0 Å². The van der Waals surface area contributed by atoms with Gasteiger partial charge in [0.2, 0.25) is 5.91 Å². The van der Waals surface area contributed by atoms with Crippen LogP contribution in [0.25, 0.3) is 0 Å². The van der Waals surface area contributed by atoms with E-state index < -0.39 is 0 Å². The molecule has 0 radical (unpaired) electrons. The normalized spacial score (nSPS) is 15.0. The first-order valence-corrected chi connectivity index (χ1v) is 10.7. The number of benzene rings is 3. The van der Waals surface area contributed by atoms with Crippen LogP contribution in [0.1, 0.15) is 29.0 Å². The topological polar surface area (TPSA) is 79.0 Å². The number of fused-ring (bicyclic) bond motifs is 1. The largest absolute Gasteiger partial charge is 0.489 e. The molecule has 32 heavy (non-hydrogen) atoms. The fraction of sp³-hybridized carbons (Fsp3) is 0.120. The van der Waals surface area contributed by atoms with Crippen LogP contribution in [-0.4, -0.2) is 16.1 Å². The Kier molecular flexibility index (Phi) is 5.52. The van der Waals surface area contributed by atoms with E-state index in [0.29, 0.717) is 23.9 Å². The standard InChI is InChI=1S/C25H21ClN4O2/c26-21-9-5-4-6-17(21)15-32-19-12-10-16(11-13-19)20-14-22(31)28-25-23(20)24(29-30-25)27-18-7-2-1-3-8-18/h1-13,20H,14-15H2,(H3,27,28,29,30,31)/t20-/m1/s1. The van der Waals surface area contributed by atoms with Crippen LogP contribution in [0.15, 0.2) is 78.9 Å². The average Bonchev–Trinajstić information content (AvgIpc) is 3.21. The molecular weight excluding hydrogens is 424 g/mol. The Hall–Kier alpha value is -3.77. The molecule has 2 heterocycles. The highest BCUT2D eigenvalue weighted by atomic mass is 35.5. The molecule has 0 aliphatic carbocycles. The Bertz CT molecular complexity index is 1240. The van der Waals surface area contributed by atoms with Crippen LogP contribution < -0.4 is 15.4 Å². The molecule has 0 bridgehead atoms. The second-order valence-corrected chi connectivity index (χ2v) is 8.01. The number of para-hydroxylation sites is 1. The predicted molar refractivity (Wildman–Crippen MR) is 126 cm³/mol. The SMILES string of the molecule is O=C1C[C@H](c2ccc(OCc3ccccc3Cl)cc2)c2c(n[nH]c2Nc2ccccc2)N1. The number of aromatic amines is 1. The lowest BCUT2D eigenvalue weighted by molar-refractivity contribution is -0.116. The van der Waals surface area contributed by atoms with Crippen molar-refractivity contribution in [2.75, 3.05) is 10.6 Å². The maximum Gasteiger partial charge on any atom is 0.226 e. The van der Waals surface area contributed by atoms with Crippen molar-refractivity contribution in [1.29, 1.82) is 0 Å². The fourth-order valence-corrected chi connectivity index (χ4v) is 4.06. The van der Waals surface area contributed by atoms with E-state index in [1.54, 1.807) is 0 Å². The molecule has 0 fully saturated rings. The van der Waals surface area contributed by atoms with Gasteiger partial charge in [0.05, 0.1) is 0 Å². The van der Waals surface area contributed by atoms with E-state index in [0.717, 1.165) is 33.9 Å². The monoisotopic (exact) mass is 444 g/mol. The van der Waals surface area contributed by atoms with E-state index >= 15 is 0 Å². The molecule has 3 N–H and O–H groups in total. The first-order valence-electron chi connectivity index (χ1n) is 10.3. The van der Waals surface area contributed by atoms with Crippen molar-refractivity contribution in [3.8, 4) is 5.75 Å². The number of hydrogen-bond donors (Lipinski definition) is 3. The number of nitrogens with one attached hydrogen (secondary N) is 3. The van der Waals surface area contributed by atoms with Gasteiger partial charge in [0.15, 0.2) is 5.82 Å². The zero-order valence-corrected chi connectivity index (χ0v) is 17.9. The molecule has 4 aromatic rings. The molecule has 1 aliphatic rings. The molecule has 1 atom stereocenters. The van der Waals surface area contributed by atoms with Gasteiger partial charge in [0.1, 0.15) is 18.2 Å².